The molecule has 0 aromatic carbocycles. The van der Waals surface area contributed by atoms with Gasteiger partial charge in [0.1, 0.15) is 23.2 Å². The number of hydrogen-bond acceptors (Lipinski definition) is 9. The average Bonchev–Trinajstić information content (AvgIpc) is 2.66. The number of nitrogens with one attached hydrogen (secondary N) is 1. The van der Waals surface area contributed by atoms with Crippen LogP contribution in [0.2, 0.25) is 0 Å². The molecule has 0 aliphatic carbocycles. The summed E-state index contributed by atoms with van der Waals surface area (Å²) in [4.78, 5) is 37.7. The molecule has 1 N–H and O–H groups in total. The van der Waals surface area contributed by atoms with E-state index in [9.17, 15) is 22.8 Å². The number of rotatable bonds is 12. The molecule has 0 spiro atoms. The van der Waals surface area contributed by atoms with Crippen LogP contribution in [0.5, 0.6) is 0 Å². The van der Waals surface area contributed by atoms with E-state index in [1.54, 1.807) is 60.6 Å². The molecule has 0 radical (unpaired) electrons. The van der Waals surface area contributed by atoms with Crippen molar-refractivity contribution in [3.63, 3.8) is 0 Å². The fourth-order valence-electron chi connectivity index (χ4n) is 2.41. The molecule has 190 valence electrons. The molecule has 0 aliphatic rings. The lowest BCUT2D eigenvalue weighted by atomic mass is 9.95. The zero-order chi connectivity index (χ0) is 25.8. The molecule has 0 aliphatic heterocycles. The van der Waals surface area contributed by atoms with Crippen LogP contribution in [-0.4, -0.2) is 51.0 Å². The van der Waals surface area contributed by atoms with Crippen molar-refractivity contribution in [3.05, 3.63) is 23.7 Å². The lowest BCUT2D eigenvalue weighted by molar-refractivity contribution is -0.147. The number of amides is 1. The third-order valence-corrected chi connectivity index (χ3v) is 4.75. The van der Waals surface area contributed by atoms with Crippen LogP contribution in [0.4, 0.5) is 4.79 Å². The van der Waals surface area contributed by atoms with Gasteiger partial charge in [-0.3, -0.25) is 8.98 Å². The van der Waals surface area contributed by atoms with E-state index in [-0.39, 0.29) is 25.9 Å². The van der Waals surface area contributed by atoms with E-state index in [0.717, 1.165) is 6.26 Å². The molecule has 0 fully saturated rings. The fraction of sp³-hybridized carbons (Fsp3) is 0.682. The minimum absolute atomic E-state index is 0.141. The Hall–Kier alpha value is -2.40. The Morgan fingerprint density at radius 2 is 1.48 bits per heavy atom. The van der Waals surface area contributed by atoms with Crippen molar-refractivity contribution < 1.29 is 41.2 Å². The highest BCUT2D eigenvalue weighted by atomic mass is 32.2. The van der Waals surface area contributed by atoms with Crippen molar-refractivity contribution >= 4 is 28.1 Å². The van der Waals surface area contributed by atoms with E-state index < -0.39 is 45.7 Å². The maximum Gasteiger partial charge on any atom is 0.408 e. The predicted octanol–water partition coefficient (Wildman–Crippen LogP) is 3.58. The number of ether oxygens (including phenoxy) is 3. The summed E-state index contributed by atoms with van der Waals surface area (Å²) in [6.07, 6.45) is 3.45. The molecule has 0 rings (SSSR count). The monoisotopic (exact) mass is 491 g/mol. The van der Waals surface area contributed by atoms with Gasteiger partial charge in [0.15, 0.2) is 0 Å². The first-order valence-corrected chi connectivity index (χ1v) is 12.4. The van der Waals surface area contributed by atoms with Gasteiger partial charge in [-0.05, 0) is 79.9 Å². The van der Waals surface area contributed by atoms with E-state index in [0.29, 0.717) is 11.5 Å². The van der Waals surface area contributed by atoms with Crippen LogP contribution in [-0.2, 0) is 38.1 Å². The number of carbonyl (C=O) groups is 3. The molecule has 0 saturated carbocycles. The van der Waals surface area contributed by atoms with Gasteiger partial charge in [0.2, 0.25) is 0 Å². The van der Waals surface area contributed by atoms with Gasteiger partial charge >= 0.3 is 18.0 Å². The Labute approximate surface area is 196 Å². The van der Waals surface area contributed by atoms with Crippen molar-refractivity contribution in [2.24, 2.45) is 5.92 Å². The van der Waals surface area contributed by atoms with E-state index in [4.69, 9.17) is 18.4 Å². The van der Waals surface area contributed by atoms with Gasteiger partial charge in [-0.1, -0.05) is 0 Å². The van der Waals surface area contributed by atoms with Gasteiger partial charge in [-0.15, -0.1) is 0 Å². The highest BCUT2D eigenvalue weighted by Crippen LogP contribution is 2.20. The summed E-state index contributed by atoms with van der Waals surface area (Å²) in [5, 5.41) is 2.46. The molecule has 0 unspecified atom stereocenters. The van der Waals surface area contributed by atoms with E-state index >= 15 is 0 Å². The van der Waals surface area contributed by atoms with Gasteiger partial charge in [0.25, 0.3) is 10.1 Å². The minimum atomic E-state index is -3.63. The molecule has 10 nitrogen and oxygen atoms in total. The largest absolute Gasteiger partial charge is 0.444 e. The van der Waals surface area contributed by atoms with Crippen molar-refractivity contribution in [2.45, 2.75) is 79.4 Å². The third kappa shape index (κ3) is 15.1. The first-order chi connectivity index (χ1) is 15.1. The summed E-state index contributed by atoms with van der Waals surface area (Å²) >= 11 is 0. The molecule has 0 saturated heterocycles. The topological polar surface area (TPSA) is 134 Å². The van der Waals surface area contributed by atoms with E-state index in [2.05, 4.69) is 5.32 Å². The first kappa shape index (κ1) is 30.6. The lowest BCUT2D eigenvalue weighted by Crippen LogP contribution is -2.46. The molecule has 0 bridgehead atoms. The molecule has 11 heteroatoms. The Kier molecular flexibility index (Phi) is 13.0. The van der Waals surface area contributed by atoms with Crippen molar-refractivity contribution in [2.75, 3.05) is 12.9 Å². The smallest absolute Gasteiger partial charge is 0.408 e. The first-order valence-electron chi connectivity index (χ1n) is 10.6. The summed E-state index contributed by atoms with van der Waals surface area (Å²) in [5.41, 5.74) is -0.803. The summed E-state index contributed by atoms with van der Waals surface area (Å²) in [7, 11) is -3.63. The lowest BCUT2D eigenvalue weighted by Gasteiger charge is -2.25. The highest BCUT2D eigenvalue weighted by molar-refractivity contribution is 7.85. The summed E-state index contributed by atoms with van der Waals surface area (Å²) in [5.74, 6) is -1.58. The van der Waals surface area contributed by atoms with Crippen molar-refractivity contribution in [1.82, 2.24) is 5.32 Å². The zero-order valence-corrected chi connectivity index (χ0v) is 21.5. The molecule has 0 heterocycles. The molecule has 0 aromatic heterocycles. The van der Waals surface area contributed by atoms with E-state index in [1.165, 1.54) is 0 Å². The minimum Gasteiger partial charge on any atom is -0.444 e. The second-order valence-electron chi connectivity index (χ2n) is 8.44. The Morgan fingerprint density at radius 3 is 1.94 bits per heavy atom. The number of allylic oxidation sites excluding steroid dienone is 4. The van der Waals surface area contributed by atoms with Crippen LogP contribution < -0.4 is 5.32 Å². The van der Waals surface area contributed by atoms with Crippen LogP contribution in [0.1, 0.15) is 67.7 Å². The standard InChI is InChI=1S/C22H37NO9S/c1-9-15(3)30-19(24)17(12-11-13-29-33(8,27)28)14-18(20(25)31-16(4)10-2)23-21(26)32-22(5,6)7/h9-10,17-18H,11-14H2,1-8H3,(H,23,26)/b15-9+,16-10+/t17-,18-/m0/s1. The Morgan fingerprint density at radius 1 is 0.970 bits per heavy atom. The molecule has 33 heavy (non-hydrogen) atoms. The van der Waals surface area contributed by atoms with Gasteiger partial charge in [0.05, 0.1) is 18.8 Å². The maximum absolute atomic E-state index is 12.7. The van der Waals surface area contributed by atoms with Crippen molar-refractivity contribution in [1.29, 1.82) is 0 Å². The SMILES string of the molecule is C/C=C(\C)OC(=O)[C@@H](CCCOS(C)(=O)=O)C[C@H](NC(=O)OC(C)(C)C)C(=O)O/C(C)=C/C. The molecule has 2 atom stereocenters. The Bertz CT molecular complexity index is 838. The van der Waals surface area contributed by atoms with Gasteiger partial charge in [-0.25, -0.2) is 9.59 Å². The van der Waals surface area contributed by atoms with Crippen LogP contribution in [0.15, 0.2) is 23.7 Å². The van der Waals surface area contributed by atoms with Crippen LogP contribution in [0, 0.1) is 5.92 Å². The fourth-order valence-corrected chi connectivity index (χ4v) is 2.83. The second-order valence-corrected chi connectivity index (χ2v) is 10.1. The maximum atomic E-state index is 12.7. The molecular formula is C22H37NO9S. The second kappa shape index (κ2) is 14.0. The molecular weight excluding hydrogens is 454 g/mol. The van der Waals surface area contributed by atoms with Gasteiger partial charge in [-0.2, -0.15) is 8.42 Å². The van der Waals surface area contributed by atoms with Crippen LogP contribution in [0.25, 0.3) is 0 Å². The number of esters is 2. The normalized spacial score (nSPS) is 14.8. The number of alkyl carbamates (subject to hydrolysis) is 1. The zero-order valence-electron chi connectivity index (χ0n) is 20.7. The number of hydrogen-bond donors (Lipinski definition) is 1. The average molecular weight is 492 g/mol. The van der Waals surface area contributed by atoms with Gasteiger partial charge in [0, 0.05) is 0 Å². The summed E-state index contributed by atoms with van der Waals surface area (Å²) in [6, 6.07) is -1.21. The van der Waals surface area contributed by atoms with E-state index in [1.807, 2.05) is 0 Å². The predicted molar refractivity (Wildman–Crippen MR) is 122 cm³/mol. The quantitative estimate of drug-likeness (QED) is 0.143. The van der Waals surface area contributed by atoms with Gasteiger partial charge < -0.3 is 19.5 Å². The summed E-state index contributed by atoms with van der Waals surface area (Å²) < 4.78 is 42.8. The number of carbonyl (C=O) groups excluding carboxylic acids is 3. The van der Waals surface area contributed by atoms with Crippen molar-refractivity contribution in [3.8, 4) is 0 Å². The van der Waals surface area contributed by atoms with Crippen LogP contribution in [0.3, 0.4) is 0 Å². The molecule has 1 amide bonds. The third-order valence-electron chi connectivity index (χ3n) is 4.16. The summed E-state index contributed by atoms with van der Waals surface area (Å²) in [6.45, 7) is 11.4. The highest BCUT2D eigenvalue weighted by Gasteiger charge is 2.32. The van der Waals surface area contributed by atoms with Crippen LogP contribution >= 0.6 is 0 Å². The Balaban J connectivity index is 5.65. The molecule has 0 aromatic rings.